The van der Waals surface area contributed by atoms with Crippen LogP contribution in [0.25, 0.3) is 0 Å². The highest BCUT2D eigenvalue weighted by Crippen LogP contribution is 2.30. The van der Waals surface area contributed by atoms with Crippen LogP contribution in [0.3, 0.4) is 0 Å². The third-order valence-electron chi connectivity index (χ3n) is 3.94. The van der Waals surface area contributed by atoms with Crippen LogP contribution in [0.1, 0.15) is 22.7 Å². The van der Waals surface area contributed by atoms with Crippen molar-refractivity contribution in [2.45, 2.75) is 26.1 Å². The largest absolute Gasteiger partial charge is 0.493 e. The summed E-state index contributed by atoms with van der Waals surface area (Å²) >= 11 is 0. The Morgan fingerprint density at radius 3 is 2.38 bits per heavy atom. The van der Waals surface area contributed by atoms with E-state index in [1.165, 1.54) is 24.1 Å². The number of nitrogens with two attached hydrogens (primary N) is 1. The molecular weight excluding hydrogens is 342 g/mol. The molecule has 0 fully saturated rings. The normalized spacial score (nSPS) is 12.0. The van der Waals surface area contributed by atoms with Gasteiger partial charge in [0.2, 0.25) is 5.91 Å². The molecule has 2 N–H and O–H groups in total. The van der Waals surface area contributed by atoms with Gasteiger partial charge in [0.1, 0.15) is 6.04 Å². The van der Waals surface area contributed by atoms with Crippen molar-refractivity contribution in [3.8, 4) is 11.5 Å². The lowest BCUT2D eigenvalue weighted by Crippen LogP contribution is -2.35. The first kappa shape index (κ1) is 19.7. The maximum absolute atomic E-state index is 12.5. The smallest absolute Gasteiger partial charge is 0.387 e. The predicted molar refractivity (Wildman–Crippen MR) is 94.2 cm³/mol. The standard InChI is InChI=1S/C19H22F2N2O3/c1-12-4-7-14(8-5-12)17(22)18(24)23(2)11-13-6-9-15(25-3)16(10-13)26-19(20)21/h4-10,17,19H,11,22H2,1-3H3. The van der Waals surface area contributed by atoms with Crippen molar-refractivity contribution in [2.75, 3.05) is 14.2 Å². The van der Waals surface area contributed by atoms with E-state index >= 15 is 0 Å². The van der Waals surface area contributed by atoms with Gasteiger partial charge in [-0.3, -0.25) is 4.79 Å². The molecule has 0 aliphatic heterocycles. The summed E-state index contributed by atoms with van der Waals surface area (Å²) in [6.07, 6.45) is 0. The summed E-state index contributed by atoms with van der Waals surface area (Å²) in [5.41, 5.74) is 8.46. The minimum atomic E-state index is -2.96. The van der Waals surface area contributed by atoms with Crippen LogP contribution in [-0.4, -0.2) is 31.6 Å². The SMILES string of the molecule is COc1ccc(CN(C)C(=O)C(N)c2ccc(C)cc2)cc1OC(F)F. The van der Waals surface area contributed by atoms with Crippen LogP contribution in [0, 0.1) is 6.92 Å². The third-order valence-corrected chi connectivity index (χ3v) is 3.94. The van der Waals surface area contributed by atoms with Crippen molar-refractivity contribution in [3.63, 3.8) is 0 Å². The summed E-state index contributed by atoms with van der Waals surface area (Å²) in [5, 5.41) is 0. The van der Waals surface area contributed by atoms with Gasteiger partial charge in [-0.15, -0.1) is 0 Å². The molecule has 0 saturated heterocycles. The van der Waals surface area contributed by atoms with Crippen molar-refractivity contribution in [3.05, 3.63) is 59.2 Å². The summed E-state index contributed by atoms with van der Waals surface area (Å²) in [6.45, 7) is -0.818. The first-order valence-corrected chi connectivity index (χ1v) is 8.00. The number of likely N-dealkylation sites (N-methyl/N-ethyl adjacent to an activating group) is 1. The van der Waals surface area contributed by atoms with Gasteiger partial charge in [0.25, 0.3) is 0 Å². The number of methoxy groups -OCH3 is 1. The number of aryl methyl sites for hydroxylation is 1. The molecule has 0 spiro atoms. The topological polar surface area (TPSA) is 64.8 Å². The Morgan fingerprint density at radius 2 is 1.81 bits per heavy atom. The molecule has 0 aliphatic rings. The fourth-order valence-electron chi connectivity index (χ4n) is 2.51. The van der Waals surface area contributed by atoms with Crippen LogP contribution in [0.2, 0.25) is 0 Å². The number of benzene rings is 2. The van der Waals surface area contributed by atoms with Crippen molar-refractivity contribution in [2.24, 2.45) is 5.73 Å². The molecular formula is C19H22F2N2O3. The Morgan fingerprint density at radius 1 is 1.15 bits per heavy atom. The van der Waals surface area contributed by atoms with E-state index in [1.54, 1.807) is 13.1 Å². The Hall–Kier alpha value is -2.67. The maximum Gasteiger partial charge on any atom is 0.387 e. The summed E-state index contributed by atoms with van der Waals surface area (Å²) in [4.78, 5) is 14.0. The lowest BCUT2D eigenvalue weighted by atomic mass is 10.0. The van der Waals surface area contributed by atoms with E-state index in [9.17, 15) is 13.6 Å². The van der Waals surface area contributed by atoms with Gasteiger partial charge in [0.05, 0.1) is 7.11 Å². The quantitative estimate of drug-likeness (QED) is 0.819. The second kappa shape index (κ2) is 8.62. The van der Waals surface area contributed by atoms with Crippen molar-refractivity contribution >= 4 is 5.91 Å². The van der Waals surface area contributed by atoms with Crippen LogP contribution in [0.4, 0.5) is 8.78 Å². The Kier molecular flexibility index (Phi) is 6.52. The van der Waals surface area contributed by atoms with E-state index in [1.807, 2.05) is 31.2 Å². The minimum Gasteiger partial charge on any atom is -0.493 e. The molecule has 0 radical (unpaired) electrons. The number of hydrogen-bond acceptors (Lipinski definition) is 4. The van der Waals surface area contributed by atoms with Gasteiger partial charge in [0, 0.05) is 13.6 Å². The molecule has 1 amide bonds. The summed E-state index contributed by atoms with van der Waals surface area (Å²) in [7, 11) is 2.97. The summed E-state index contributed by atoms with van der Waals surface area (Å²) in [6, 6.07) is 11.2. The van der Waals surface area contributed by atoms with Crippen LogP contribution >= 0.6 is 0 Å². The lowest BCUT2D eigenvalue weighted by Gasteiger charge is -2.22. The molecule has 1 unspecified atom stereocenters. The number of ether oxygens (including phenoxy) is 2. The monoisotopic (exact) mass is 364 g/mol. The highest BCUT2D eigenvalue weighted by Gasteiger charge is 2.20. The number of nitrogens with zero attached hydrogens (tertiary/aromatic N) is 1. The fraction of sp³-hybridized carbons (Fsp3) is 0.316. The third kappa shape index (κ3) is 4.92. The van der Waals surface area contributed by atoms with E-state index in [0.717, 1.165) is 5.56 Å². The Balaban J connectivity index is 2.11. The van der Waals surface area contributed by atoms with Crippen LogP contribution in [0.5, 0.6) is 11.5 Å². The average Bonchev–Trinajstić information content (AvgIpc) is 2.61. The van der Waals surface area contributed by atoms with Gasteiger partial charge in [-0.25, -0.2) is 0 Å². The van der Waals surface area contributed by atoms with Crippen molar-refractivity contribution in [1.82, 2.24) is 4.90 Å². The molecule has 0 aliphatic carbocycles. The van der Waals surface area contributed by atoms with E-state index in [4.69, 9.17) is 10.5 Å². The molecule has 26 heavy (non-hydrogen) atoms. The van der Waals surface area contributed by atoms with Gasteiger partial charge in [0.15, 0.2) is 11.5 Å². The van der Waals surface area contributed by atoms with Gasteiger partial charge >= 0.3 is 6.61 Å². The van der Waals surface area contributed by atoms with E-state index in [0.29, 0.717) is 11.1 Å². The highest BCUT2D eigenvalue weighted by atomic mass is 19.3. The number of halogens is 2. The molecule has 2 aromatic rings. The van der Waals surface area contributed by atoms with E-state index in [-0.39, 0.29) is 24.0 Å². The Labute approximate surface area is 151 Å². The van der Waals surface area contributed by atoms with Crippen LogP contribution in [-0.2, 0) is 11.3 Å². The summed E-state index contributed by atoms with van der Waals surface area (Å²) in [5.74, 6) is -0.163. The van der Waals surface area contributed by atoms with E-state index in [2.05, 4.69) is 4.74 Å². The minimum absolute atomic E-state index is 0.0799. The zero-order valence-electron chi connectivity index (χ0n) is 14.9. The average molecular weight is 364 g/mol. The summed E-state index contributed by atoms with van der Waals surface area (Å²) < 4.78 is 34.5. The van der Waals surface area contributed by atoms with Crippen molar-refractivity contribution < 1.29 is 23.0 Å². The molecule has 7 heteroatoms. The zero-order chi connectivity index (χ0) is 19.3. The number of carbonyl (C=O) groups is 1. The van der Waals surface area contributed by atoms with Gasteiger partial charge < -0.3 is 20.1 Å². The highest BCUT2D eigenvalue weighted by molar-refractivity contribution is 5.82. The van der Waals surface area contributed by atoms with Gasteiger partial charge in [-0.2, -0.15) is 8.78 Å². The number of rotatable bonds is 7. The van der Waals surface area contributed by atoms with Gasteiger partial charge in [-0.1, -0.05) is 35.9 Å². The second-order valence-corrected chi connectivity index (χ2v) is 5.95. The van der Waals surface area contributed by atoms with Gasteiger partial charge in [-0.05, 0) is 30.2 Å². The molecule has 2 rings (SSSR count). The second-order valence-electron chi connectivity index (χ2n) is 5.95. The Bertz CT molecular complexity index is 751. The molecule has 2 aromatic carbocycles. The number of hydrogen-bond donors (Lipinski definition) is 1. The van der Waals surface area contributed by atoms with Crippen LogP contribution < -0.4 is 15.2 Å². The fourth-order valence-corrected chi connectivity index (χ4v) is 2.51. The molecule has 5 nitrogen and oxygen atoms in total. The zero-order valence-corrected chi connectivity index (χ0v) is 14.9. The first-order chi connectivity index (χ1) is 12.3. The number of alkyl halides is 2. The van der Waals surface area contributed by atoms with Crippen molar-refractivity contribution in [1.29, 1.82) is 0 Å². The van der Waals surface area contributed by atoms with Crippen LogP contribution in [0.15, 0.2) is 42.5 Å². The van der Waals surface area contributed by atoms with E-state index < -0.39 is 12.7 Å². The molecule has 0 aromatic heterocycles. The molecule has 0 heterocycles. The molecule has 140 valence electrons. The number of carbonyl (C=O) groups excluding carboxylic acids is 1. The molecule has 0 bridgehead atoms. The molecule has 0 saturated carbocycles. The predicted octanol–water partition coefficient (Wildman–Crippen LogP) is 3.26. The maximum atomic E-state index is 12.5. The number of amides is 1. The lowest BCUT2D eigenvalue weighted by molar-refractivity contribution is -0.132. The first-order valence-electron chi connectivity index (χ1n) is 8.00. The molecule has 1 atom stereocenters.